The summed E-state index contributed by atoms with van der Waals surface area (Å²) in [6.07, 6.45) is 0.979. The fourth-order valence-electron chi connectivity index (χ4n) is 2.19. The number of esters is 1. The van der Waals surface area contributed by atoms with Gasteiger partial charge < -0.3 is 24.7 Å². The molecule has 0 aromatic rings. The van der Waals surface area contributed by atoms with Crippen LogP contribution in [0.2, 0.25) is 0 Å². The molecular weight excluding hydrogens is 287 g/mol. The summed E-state index contributed by atoms with van der Waals surface area (Å²) < 4.78 is 15.8. The monoisotopic (exact) mass is 308 g/mol. The number of carbonyl (C=O) groups excluding carboxylic acids is 2. The van der Waals surface area contributed by atoms with Gasteiger partial charge in [0.25, 0.3) is 0 Å². The highest BCUT2D eigenvalue weighted by molar-refractivity contribution is 7.53. The fourth-order valence-corrected chi connectivity index (χ4v) is 2.66. The minimum absolute atomic E-state index is 0.248. The molecule has 1 rings (SSSR count). The van der Waals surface area contributed by atoms with Crippen molar-refractivity contribution in [3.8, 4) is 0 Å². The first-order valence-electron chi connectivity index (χ1n) is 6.31. The van der Waals surface area contributed by atoms with E-state index in [1.54, 1.807) is 0 Å². The van der Waals surface area contributed by atoms with E-state index < -0.39 is 31.2 Å². The number of nitrogens with zero attached hydrogens (tertiary/aromatic N) is 1. The van der Waals surface area contributed by atoms with Crippen LogP contribution in [0, 0.1) is 0 Å². The van der Waals surface area contributed by atoms with Gasteiger partial charge in [-0.1, -0.05) is 0 Å². The molecule has 3 atom stereocenters. The highest BCUT2D eigenvalue weighted by Crippen LogP contribution is 2.41. The van der Waals surface area contributed by atoms with E-state index in [2.05, 4.69) is 10.1 Å². The summed E-state index contributed by atoms with van der Waals surface area (Å²) in [5.74, 6) is -1.02. The zero-order chi connectivity index (χ0) is 15.5. The van der Waals surface area contributed by atoms with Crippen LogP contribution >= 0.6 is 7.60 Å². The highest BCUT2D eigenvalue weighted by Gasteiger charge is 2.37. The Morgan fingerprint density at radius 1 is 1.45 bits per heavy atom. The number of hydrogen-bond acceptors (Lipinski definition) is 5. The molecule has 1 amide bonds. The Balaban J connectivity index is 2.72. The maximum Gasteiger partial charge on any atom is 0.337 e. The Labute approximate surface area is 117 Å². The highest BCUT2D eigenvalue weighted by atomic mass is 31.2. The number of ether oxygens (including phenoxy) is 1. The van der Waals surface area contributed by atoms with Crippen molar-refractivity contribution in [2.24, 2.45) is 0 Å². The van der Waals surface area contributed by atoms with Crippen molar-refractivity contribution in [1.82, 2.24) is 10.2 Å². The Hall–Kier alpha value is -0.950. The lowest BCUT2D eigenvalue weighted by molar-refractivity contribution is -0.145. The van der Waals surface area contributed by atoms with E-state index in [0.717, 1.165) is 0 Å². The van der Waals surface area contributed by atoms with E-state index in [9.17, 15) is 14.2 Å². The molecule has 0 radical (unpaired) electrons. The number of piperidine rings is 1. The maximum atomic E-state index is 12.0. The van der Waals surface area contributed by atoms with E-state index in [0.29, 0.717) is 19.4 Å². The van der Waals surface area contributed by atoms with E-state index in [1.807, 2.05) is 0 Å². The van der Waals surface area contributed by atoms with Gasteiger partial charge in [0.2, 0.25) is 5.91 Å². The third-order valence-electron chi connectivity index (χ3n) is 3.62. The first-order chi connectivity index (χ1) is 9.18. The zero-order valence-corrected chi connectivity index (χ0v) is 12.7. The van der Waals surface area contributed by atoms with Crippen molar-refractivity contribution in [1.29, 1.82) is 0 Å². The minimum Gasteiger partial charge on any atom is -0.468 e. The van der Waals surface area contributed by atoms with Crippen molar-refractivity contribution >= 4 is 19.5 Å². The number of methoxy groups -OCH3 is 1. The molecule has 3 unspecified atom stereocenters. The number of hydrogen-bond donors (Lipinski definition) is 3. The van der Waals surface area contributed by atoms with Crippen LogP contribution in [-0.4, -0.2) is 65.0 Å². The van der Waals surface area contributed by atoms with Crippen LogP contribution < -0.4 is 5.32 Å². The number of rotatable bonds is 4. The number of amides is 1. The fraction of sp³-hybridized carbons (Fsp3) is 0.818. The second-order valence-corrected chi connectivity index (χ2v) is 6.88. The average Bonchev–Trinajstić information content (AvgIpc) is 2.43. The quantitative estimate of drug-likeness (QED) is 0.465. The standard InChI is InChI=1S/C11H21N2O6P/c1-7(20(16,17)18)10(14)13(2)8-4-5-12-9(6-8)11(15)19-3/h7-9,12H,4-6H2,1-3H3,(H2,16,17,18). The number of carbonyl (C=O) groups is 2. The molecule has 0 saturated carbocycles. The van der Waals surface area contributed by atoms with Crippen molar-refractivity contribution in [3.05, 3.63) is 0 Å². The maximum absolute atomic E-state index is 12.0. The summed E-state index contributed by atoms with van der Waals surface area (Å²) in [6.45, 7) is 1.74. The topological polar surface area (TPSA) is 116 Å². The van der Waals surface area contributed by atoms with Gasteiger partial charge in [-0.25, -0.2) is 0 Å². The van der Waals surface area contributed by atoms with Crippen LogP contribution in [0.5, 0.6) is 0 Å². The first-order valence-corrected chi connectivity index (χ1v) is 7.99. The van der Waals surface area contributed by atoms with Crippen molar-refractivity contribution < 1.29 is 28.7 Å². The van der Waals surface area contributed by atoms with Crippen LogP contribution in [0.25, 0.3) is 0 Å². The molecule has 1 heterocycles. The van der Waals surface area contributed by atoms with Gasteiger partial charge in [-0.3, -0.25) is 14.2 Å². The van der Waals surface area contributed by atoms with Crippen LogP contribution in [-0.2, 0) is 18.9 Å². The molecule has 0 bridgehead atoms. The van der Waals surface area contributed by atoms with E-state index in [-0.39, 0.29) is 6.04 Å². The van der Waals surface area contributed by atoms with Crippen molar-refractivity contribution in [3.63, 3.8) is 0 Å². The molecule has 1 fully saturated rings. The second kappa shape index (κ2) is 6.67. The summed E-state index contributed by atoms with van der Waals surface area (Å²) in [4.78, 5) is 43.0. The smallest absolute Gasteiger partial charge is 0.337 e. The molecule has 8 nitrogen and oxygen atoms in total. The van der Waals surface area contributed by atoms with Gasteiger partial charge in [-0.15, -0.1) is 0 Å². The molecule has 3 N–H and O–H groups in total. The summed E-state index contributed by atoms with van der Waals surface area (Å²) in [5, 5.41) is 2.99. The van der Waals surface area contributed by atoms with Gasteiger partial charge in [0.05, 0.1) is 7.11 Å². The Morgan fingerprint density at radius 3 is 2.55 bits per heavy atom. The molecule has 0 aromatic heterocycles. The summed E-state index contributed by atoms with van der Waals surface area (Å²) in [6, 6.07) is -0.749. The largest absolute Gasteiger partial charge is 0.468 e. The Kier molecular flexibility index (Phi) is 5.70. The number of nitrogens with one attached hydrogen (secondary N) is 1. The molecule has 20 heavy (non-hydrogen) atoms. The lowest BCUT2D eigenvalue weighted by Crippen LogP contribution is -2.52. The lowest BCUT2D eigenvalue weighted by atomic mass is 9.98. The molecule has 1 aliphatic heterocycles. The molecule has 1 aliphatic rings. The third-order valence-corrected chi connectivity index (χ3v) is 4.85. The van der Waals surface area contributed by atoms with Crippen LogP contribution in [0.1, 0.15) is 19.8 Å². The SMILES string of the molecule is COC(=O)C1CC(N(C)C(=O)C(C)P(=O)(O)O)CCN1. The van der Waals surface area contributed by atoms with Gasteiger partial charge >= 0.3 is 13.6 Å². The third kappa shape index (κ3) is 4.02. The van der Waals surface area contributed by atoms with E-state index in [4.69, 9.17) is 9.79 Å². The molecule has 9 heteroatoms. The predicted octanol–water partition coefficient (Wildman–Crippen LogP) is -0.695. The van der Waals surface area contributed by atoms with E-state index >= 15 is 0 Å². The average molecular weight is 308 g/mol. The first kappa shape index (κ1) is 17.1. The van der Waals surface area contributed by atoms with Gasteiger partial charge in [0.15, 0.2) is 0 Å². The molecule has 116 valence electrons. The summed E-state index contributed by atoms with van der Waals surface area (Å²) >= 11 is 0. The molecule has 0 spiro atoms. The van der Waals surface area contributed by atoms with Gasteiger partial charge in [-0.05, 0) is 26.3 Å². The predicted molar refractivity (Wildman–Crippen MR) is 71.1 cm³/mol. The van der Waals surface area contributed by atoms with Crippen LogP contribution in [0.4, 0.5) is 0 Å². The van der Waals surface area contributed by atoms with Crippen molar-refractivity contribution in [2.45, 2.75) is 37.5 Å². The Bertz CT molecular complexity index is 423. The molecular formula is C11H21N2O6P. The van der Waals surface area contributed by atoms with Crippen molar-refractivity contribution in [2.75, 3.05) is 20.7 Å². The molecule has 0 aliphatic carbocycles. The molecule has 1 saturated heterocycles. The minimum atomic E-state index is -4.46. The van der Waals surface area contributed by atoms with Gasteiger partial charge in [0.1, 0.15) is 11.7 Å². The molecule has 0 aromatic carbocycles. The second-order valence-electron chi connectivity index (χ2n) is 4.92. The van der Waals surface area contributed by atoms with Gasteiger partial charge in [-0.2, -0.15) is 0 Å². The van der Waals surface area contributed by atoms with Gasteiger partial charge in [0, 0.05) is 13.1 Å². The summed E-state index contributed by atoms with van der Waals surface area (Å²) in [7, 11) is -1.67. The Morgan fingerprint density at radius 2 is 2.05 bits per heavy atom. The van der Waals surface area contributed by atoms with E-state index in [1.165, 1.54) is 26.0 Å². The lowest BCUT2D eigenvalue weighted by Gasteiger charge is -2.36. The normalized spacial score (nSPS) is 24.9. The summed E-state index contributed by atoms with van der Waals surface area (Å²) in [5.41, 5.74) is -1.38. The van der Waals surface area contributed by atoms with Crippen LogP contribution in [0.3, 0.4) is 0 Å². The zero-order valence-electron chi connectivity index (χ0n) is 11.8. The van der Waals surface area contributed by atoms with Crippen LogP contribution in [0.15, 0.2) is 0 Å².